The third-order valence-corrected chi connectivity index (χ3v) is 1.58. The summed E-state index contributed by atoms with van der Waals surface area (Å²) in [6.45, 7) is 1.70. The average molecular weight is 178 g/mol. The van der Waals surface area contributed by atoms with Gasteiger partial charge in [-0.3, -0.25) is 4.98 Å². The molecule has 0 saturated carbocycles. The highest BCUT2D eigenvalue weighted by Crippen LogP contribution is 2.25. The number of rotatable bonds is 1. The summed E-state index contributed by atoms with van der Waals surface area (Å²) >= 11 is 5.50. The molecule has 0 saturated heterocycles. The monoisotopic (exact) mass is 177 g/mol. The Morgan fingerprint density at radius 3 is 2.64 bits per heavy atom. The van der Waals surface area contributed by atoms with Gasteiger partial charge in [-0.2, -0.15) is 0 Å². The van der Waals surface area contributed by atoms with Crippen LogP contribution in [0.5, 0.6) is 0 Å². The molecule has 0 unspecified atom stereocenters. The van der Waals surface area contributed by atoms with Crippen LogP contribution in [0.15, 0.2) is 12.3 Å². The van der Waals surface area contributed by atoms with Gasteiger partial charge in [-0.1, -0.05) is 11.6 Å². The van der Waals surface area contributed by atoms with E-state index in [9.17, 15) is 8.78 Å². The maximum Gasteiger partial charge on any atom is 0.266 e. The Bertz CT molecular complexity index is 263. The van der Waals surface area contributed by atoms with Crippen molar-refractivity contribution in [3.05, 3.63) is 28.5 Å². The minimum atomic E-state index is -2.55. The number of aromatic nitrogens is 1. The van der Waals surface area contributed by atoms with Gasteiger partial charge in [0.25, 0.3) is 6.43 Å². The van der Waals surface area contributed by atoms with Crippen LogP contribution in [-0.2, 0) is 0 Å². The highest BCUT2D eigenvalue weighted by atomic mass is 35.5. The quantitative estimate of drug-likeness (QED) is 0.643. The zero-order valence-electron chi connectivity index (χ0n) is 5.81. The maximum absolute atomic E-state index is 12.0. The maximum atomic E-state index is 12.0. The van der Waals surface area contributed by atoms with Crippen molar-refractivity contribution in [1.82, 2.24) is 4.98 Å². The van der Waals surface area contributed by atoms with E-state index in [2.05, 4.69) is 4.98 Å². The van der Waals surface area contributed by atoms with Crippen LogP contribution in [0.3, 0.4) is 0 Å². The Morgan fingerprint density at radius 1 is 1.55 bits per heavy atom. The summed E-state index contributed by atoms with van der Waals surface area (Å²) in [5.74, 6) is 0. The minimum Gasteiger partial charge on any atom is -0.261 e. The SMILES string of the molecule is Cc1cc(Cl)c(C(F)F)cn1. The highest BCUT2D eigenvalue weighted by Gasteiger charge is 2.11. The number of alkyl halides is 2. The standard InChI is InChI=1S/C7H6ClF2N/c1-4-2-6(8)5(3-11-4)7(9)10/h2-3,7H,1H3. The van der Waals surface area contributed by atoms with Crippen LogP contribution < -0.4 is 0 Å². The number of halogens is 3. The van der Waals surface area contributed by atoms with Gasteiger partial charge in [0.2, 0.25) is 0 Å². The van der Waals surface area contributed by atoms with Crippen LogP contribution in [0.2, 0.25) is 5.02 Å². The Hall–Kier alpha value is -0.700. The predicted octanol–water partition coefficient (Wildman–Crippen LogP) is 2.98. The molecule has 4 heteroatoms. The molecule has 11 heavy (non-hydrogen) atoms. The summed E-state index contributed by atoms with van der Waals surface area (Å²) in [5.41, 5.74) is 0.427. The number of hydrogen-bond acceptors (Lipinski definition) is 1. The lowest BCUT2D eigenvalue weighted by atomic mass is 10.2. The highest BCUT2D eigenvalue weighted by molar-refractivity contribution is 6.31. The second-order valence-corrected chi connectivity index (χ2v) is 2.56. The second-order valence-electron chi connectivity index (χ2n) is 2.15. The van der Waals surface area contributed by atoms with E-state index in [0.29, 0.717) is 5.69 Å². The van der Waals surface area contributed by atoms with E-state index >= 15 is 0 Å². The molecule has 0 aliphatic heterocycles. The van der Waals surface area contributed by atoms with Crippen LogP contribution in [0, 0.1) is 6.92 Å². The lowest BCUT2D eigenvalue weighted by Gasteiger charge is -2.01. The van der Waals surface area contributed by atoms with Crippen molar-refractivity contribution in [2.24, 2.45) is 0 Å². The van der Waals surface area contributed by atoms with Gasteiger partial charge in [-0.25, -0.2) is 8.78 Å². The Balaban J connectivity index is 3.09. The molecule has 0 bridgehead atoms. The Kier molecular flexibility index (Phi) is 2.39. The van der Waals surface area contributed by atoms with Crippen molar-refractivity contribution in [2.75, 3.05) is 0 Å². The van der Waals surface area contributed by atoms with Crippen molar-refractivity contribution in [3.8, 4) is 0 Å². The molecule has 1 nitrogen and oxygen atoms in total. The molecular weight excluding hydrogens is 172 g/mol. The molecule has 0 amide bonds. The van der Waals surface area contributed by atoms with E-state index in [4.69, 9.17) is 11.6 Å². The number of nitrogens with zero attached hydrogens (tertiary/aromatic N) is 1. The van der Waals surface area contributed by atoms with Crippen LogP contribution in [0.1, 0.15) is 17.7 Å². The molecule has 1 aromatic rings. The fraction of sp³-hybridized carbons (Fsp3) is 0.286. The van der Waals surface area contributed by atoms with Crippen LogP contribution in [0.4, 0.5) is 8.78 Å². The molecule has 0 aliphatic rings. The molecular formula is C7H6ClF2N. The van der Waals surface area contributed by atoms with Gasteiger partial charge in [-0.15, -0.1) is 0 Å². The molecule has 0 atom stereocenters. The molecule has 1 heterocycles. The van der Waals surface area contributed by atoms with Crippen LogP contribution in [0.25, 0.3) is 0 Å². The zero-order chi connectivity index (χ0) is 8.43. The smallest absolute Gasteiger partial charge is 0.261 e. The van der Waals surface area contributed by atoms with E-state index in [1.807, 2.05) is 0 Å². The van der Waals surface area contributed by atoms with Crippen molar-refractivity contribution < 1.29 is 8.78 Å². The molecule has 0 aromatic carbocycles. The van der Waals surface area contributed by atoms with Gasteiger partial charge in [0.05, 0.1) is 10.6 Å². The molecule has 60 valence electrons. The first-order valence-corrected chi connectivity index (χ1v) is 3.39. The summed E-state index contributed by atoms with van der Waals surface area (Å²) in [5, 5.41) is 0.0764. The minimum absolute atomic E-state index is 0.0764. The summed E-state index contributed by atoms with van der Waals surface area (Å²) < 4.78 is 24.1. The first-order valence-electron chi connectivity index (χ1n) is 3.01. The predicted molar refractivity (Wildman–Crippen MR) is 38.9 cm³/mol. The molecule has 0 radical (unpaired) electrons. The fourth-order valence-electron chi connectivity index (χ4n) is 0.698. The molecule has 1 rings (SSSR count). The van der Waals surface area contributed by atoms with E-state index in [-0.39, 0.29) is 10.6 Å². The van der Waals surface area contributed by atoms with Gasteiger partial charge >= 0.3 is 0 Å². The number of hydrogen-bond donors (Lipinski definition) is 0. The number of aryl methyl sites for hydroxylation is 1. The fourth-order valence-corrected chi connectivity index (χ4v) is 0.987. The first kappa shape index (κ1) is 8.40. The van der Waals surface area contributed by atoms with E-state index in [1.165, 1.54) is 6.07 Å². The Morgan fingerprint density at radius 2 is 2.18 bits per heavy atom. The topological polar surface area (TPSA) is 12.9 Å². The molecule has 1 aromatic heterocycles. The third kappa shape index (κ3) is 1.87. The van der Waals surface area contributed by atoms with Crippen molar-refractivity contribution in [3.63, 3.8) is 0 Å². The molecule has 0 fully saturated rings. The van der Waals surface area contributed by atoms with Crippen LogP contribution >= 0.6 is 11.6 Å². The van der Waals surface area contributed by atoms with Gasteiger partial charge in [0.15, 0.2) is 0 Å². The van der Waals surface area contributed by atoms with Crippen molar-refractivity contribution in [2.45, 2.75) is 13.3 Å². The van der Waals surface area contributed by atoms with Gasteiger partial charge in [0, 0.05) is 11.9 Å². The summed E-state index contributed by atoms with van der Waals surface area (Å²) in [6.07, 6.45) is -1.45. The first-order chi connectivity index (χ1) is 5.11. The second kappa shape index (κ2) is 3.13. The zero-order valence-corrected chi connectivity index (χ0v) is 6.57. The van der Waals surface area contributed by atoms with E-state index in [0.717, 1.165) is 6.20 Å². The molecule has 0 aliphatic carbocycles. The van der Waals surface area contributed by atoms with Crippen molar-refractivity contribution >= 4 is 11.6 Å². The lowest BCUT2D eigenvalue weighted by Crippen LogP contribution is -1.89. The molecule has 0 spiro atoms. The molecule has 0 N–H and O–H groups in total. The van der Waals surface area contributed by atoms with Gasteiger partial charge in [0.1, 0.15) is 0 Å². The summed E-state index contributed by atoms with van der Waals surface area (Å²) in [6, 6.07) is 1.42. The summed E-state index contributed by atoms with van der Waals surface area (Å²) in [4.78, 5) is 3.70. The largest absolute Gasteiger partial charge is 0.266 e. The number of pyridine rings is 1. The van der Waals surface area contributed by atoms with E-state index in [1.54, 1.807) is 6.92 Å². The van der Waals surface area contributed by atoms with Crippen molar-refractivity contribution in [1.29, 1.82) is 0 Å². The van der Waals surface area contributed by atoms with Gasteiger partial charge < -0.3 is 0 Å². The van der Waals surface area contributed by atoms with E-state index < -0.39 is 6.43 Å². The lowest BCUT2D eigenvalue weighted by molar-refractivity contribution is 0.151. The third-order valence-electron chi connectivity index (χ3n) is 1.25. The summed E-state index contributed by atoms with van der Waals surface area (Å²) in [7, 11) is 0. The Labute approximate surface area is 68.0 Å². The normalized spacial score (nSPS) is 10.6. The van der Waals surface area contributed by atoms with Gasteiger partial charge in [-0.05, 0) is 13.0 Å². The van der Waals surface area contributed by atoms with Crippen LogP contribution in [-0.4, -0.2) is 4.98 Å². The average Bonchev–Trinajstić information content (AvgIpc) is 1.85.